The Morgan fingerprint density at radius 3 is 2.60 bits per heavy atom. The van der Waals surface area contributed by atoms with Crippen molar-refractivity contribution in [2.75, 3.05) is 0 Å². The van der Waals surface area contributed by atoms with Gasteiger partial charge in [0.05, 0.1) is 11.4 Å². The van der Waals surface area contributed by atoms with Crippen molar-refractivity contribution in [3.63, 3.8) is 0 Å². The van der Waals surface area contributed by atoms with Crippen molar-refractivity contribution in [2.45, 2.75) is 10.8 Å². The fourth-order valence-electron chi connectivity index (χ4n) is 2.06. The highest BCUT2D eigenvalue weighted by atomic mass is 32.2. The molecule has 2 N–H and O–H groups in total. The van der Waals surface area contributed by atoms with Gasteiger partial charge in [0, 0.05) is 16.5 Å². The molecule has 0 unspecified atom stereocenters. The molecule has 0 saturated carbocycles. The molecule has 2 aromatic carbocycles. The molecule has 0 fully saturated rings. The maximum absolute atomic E-state index is 9.35. The van der Waals surface area contributed by atoms with Crippen LogP contribution in [0.3, 0.4) is 0 Å². The van der Waals surface area contributed by atoms with Crippen LogP contribution in [0.4, 0.5) is 0 Å². The lowest BCUT2D eigenvalue weighted by Crippen LogP contribution is -2.30. The van der Waals surface area contributed by atoms with Crippen LogP contribution in [0, 0.1) is 0 Å². The molecule has 0 bridgehead atoms. The summed E-state index contributed by atoms with van der Waals surface area (Å²) in [5, 5.41) is 23.9. The van der Waals surface area contributed by atoms with E-state index in [1.54, 1.807) is 23.9 Å². The van der Waals surface area contributed by atoms with Crippen LogP contribution in [0.25, 0.3) is 10.9 Å². The van der Waals surface area contributed by atoms with E-state index in [-0.39, 0.29) is 0 Å². The monoisotopic (exact) mass is 284 g/mol. The second kappa shape index (κ2) is 5.70. The van der Waals surface area contributed by atoms with Crippen LogP contribution in [0.1, 0.15) is 0 Å². The number of rotatable bonds is 4. The zero-order chi connectivity index (χ0) is 13.9. The largest absolute Gasteiger partial charge is 0.489 e. The summed E-state index contributed by atoms with van der Waals surface area (Å²) in [4.78, 5) is 1.18. The highest BCUT2D eigenvalue weighted by molar-refractivity contribution is 7.98. The second-order valence-electron chi connectivity index (χ2n) is 4.41. The number of hydrogen-bond acceptors (Lipinski definition) is 4. The Morgan fingerprint density at radius 2 is 1.85 bits per heavy atom. The average Bonchev–Trinajstić information content (AvgIpc) is 2.88. The zero-order valence-electron chi connectivity index (χ0n) is 10.7. The van der Waals surface area contributed by atoms with E-state index in [2.05, 4.69) is 17.2 Å². The lowest BCUT2D eigenvalue weighted by molar-refractivity contribution is 0.426. The fraction of sp³-hybridized carbons (Fsp3) is 0.0714. The van der Waals surface area contributed by atoms with Gasteiger partial charge in [-0.25, -0.2) is 0 Å². The topological polar surface area (TPSA) is 58.3 Å². The maximum Gasteiger partial charge on any atom is 0.489 e. The molecule has 0 atom stereocenters. The number of thioether (sulfide) groups is 1. The molecule has 0 saturated heterocycles. The molecule has 0 spiro atoms. The molecule has 6 heteroatoms. The standard InChI is InChI=1S/C14H13BN2O2S/c18-15(19)13-7-4-8-14-12(13)9-17(16-14)10-20-11-5-2-1-3-6-11/h1-9,18-19H,10H2. The second-order valence-corrected chi connectivity index (χ2v) is 5.43. The van der Waals surface area contributed by atoms with Gasteiger partial charge in [0.15, 0.2) is 0 Å². The fourth-order valence-corrected chi connectivity index (χ4v) is 2.83. The molecule has 0 aliphatic carbocycles. The molecule has 3 rings (SSSR count). The van der Waals surface area contributed by atoms with Gasteiger partial charge in [0.25, 0.3) is 0 Å². The van der Waals surface area contributed by atoms with E-state index < -0.39 is 7.12 Å². The highest BCUT2D eigenvalue weighted by Gasteiger charge is 2.16. The molecule has 1 aromatic heterocycles. The third kappa shape index (κ3) is 2.72. The van der Waals surface area contributed by atoms with Gasteiger partial charge >= 0.3 is 7.12 Å². The van der Waals surface area contributed by atoms with Gasteiger partial charge in [0.2, 0.25) is 0 Å². The number of benzene rings is 2. The molecule has 100 valence electrons. The minimum absolute atomic E-state index is 0.485. The molecule has 0 amide bonds. The summed E-state index contributed by atoms with van der Waals surface area (Å²) in [7, 11) is -1.47. The van der Waals surface area contributed by atoms with Crippen molar-refractivity contribution >= 4 is 35.2 Å². The van der Waals surface area contributed by atoms with Gasteiger partial charge in [-0.3, -0.25) is 4.68 Å². The first-order valence-corrected chi connectivity index (χ1v) is 7.22. The minimum atomic E-state index is -1.47. The number of aromatic nitrogens is 2. The Kier molecular flexibility index (Phi) is 3.78. The van der Waals surface area contributed by atoms with Crippen LogP contribution in [-0.4, -0.2) is 26.9 Å². The van der Waals surface area contributed by atoms with Crippen LogP contribution >= 0.6 is 11.8 Å². The first kappa shape index (κ1) is 13.2. The predicted molar refractivity (Wildman–Crippen MR) is 81.9 cm³/mol. The molecule has 1 heterocycles. The Bertz CT molecular complexity index is 716. The molecule has 0 aliphatic rings. The third-order valence-corrected chi connectivity index (χ3v) is 4.02. The SMILES string of the molecule is OB(O)c1cccc2nn(CSc3ccccc3)cc12. The van der Waals surface area contributed by atoms with E-state index in [1.807, 2.05) is 35.1 Å². The molecule has 0 radical (unpaired) electrons. The van der Waals surface area contributed by atoms with E-state index >= 15 is 0 Å². The van der Waals surface area contributed by atoms with Gasteiger partial charge in [-0.15, -0.1) is 11.8 Å². The molecule has 4 nitrogen and oxygen atoms in total. The molecule has 0 aliphatic heterocycles. The Labute approximate surface area is 121 Å². The van der Waals surface area contributed by atoms with E-state index in [4.69, 9.17) is 0 Å². The number of fused-ring (bicyclic) bond motifs is 1. The Hall–Kier alpha value is -1.76. The van der Waals surface area contributed by atoms with Gasteiger partial charge in [-0.05, 0) is 23.7 Å². The third-order valence-electron chi connectivity index (χ3n) is 3.02. The van der Waals surface area contributed by atoms with Crippen LogP contribution in [0.2, 0.25) is 0 Å². The molecular weight excluding hydrogens is 271 g/mol. The lowest BCUT2D eigenvalue weighted by atomic mass is 9.78. The summed E-state index contributed by atoms with van der Waals surface area (Å²) in [6, 6.07) is 15.4. The van der Waals surface area contributed by atoms with Crippen LogP contribution in [0.15, 0.2) is 59.6 Å². The van der Waals surface area contributed by atoms with Crippen molar-refractivity contribution in [3.05, 3.63) is 54.7 Å². The normalized spacial score (nSPS) is 10.9. The Balaban J connectivity index is 1.84. The Morgan fingerprint density at radius 1 is 1.05 bits per heavy atom. The molecule has 20 heavy (non-hydrogen) atoms. The predicted octanol–water partition coefficient (Wildman–Crippen LogP) is 1.47. The van der Waals surface area contributed by atoms with E-state index in [0.29, 0.717) is 11.3 Å². The van der Waals surface area contributed by atoms with E-state index in [9.17, 15) is 10.0 Å². The summed E-state index contributed by atoms with van der Waals surface area (Å²) in [6.07, 6.45) is 1.85. The highest BCUT2D eigenvalue weighted by Crippen LogP contribution is 2.20. The summed E-state index contributed by atoms with van der Waals surface area (Å²) < 4.78 is 1.81. The van der Waals surface area contributed by atoms with E-state index in [0.717, 1.165) is 10.9 Å². The summed E-state index contributed by atoms with van der Waals surface area (Å²) in [5.41, 5.74) is 1.25. The number of hydrogen-bond donors (Lipinski definition) is 2. The van der Waals surface area contributed by atoms with Crippen molar-refractivity contribution in [1.29, 1.82) is 0 Å². The lowest BCUT2D eigenvalue weighted by Gasteiger charge is -2.01. The smallest absolute Gasteiger partial charge is 0.423 e. The first-order valence-electron chi connectivity index (χ1n) is 6.24. The molecule has 3 aromatic rings. The minimum Gasteiger partial charge on any atom is -0.423 e. The average molecular weight is 284 g/mol. The van der Waals surface area contributed by atoms with Crippen LogP contribution in [-0.2, 0) is 5.88 Å². The van der Waals surface area contributed by atoms with Crippen molar-refractivity contribution in [2.24, 2.45) is 0 Å². The van der Waals surface area contributed by atoms with Gasteiger partial charge in [-0.1, -0.05) is 30.3 Å². The van der Waals surface area contributed by atoms with Gasteiger partial charge in [-0.2, -0.15) is 5.10 Å². The van der Waals surface area contributed by atoms with E-state index in [1.165, 1.54) is 4.90 Å². The van der Waals surface area contributed by atoms with Crippen LogP contribution in [0.5, 0.6) is 0 Å². The first-order chi connectivity index (χ1) is 9.74. The number of nitrogens with zero attached hydrogens (tertiary/aromatic N) is 2. The molecular formula is C14H13BN2O2S. The summed E-state index contributed by atoms with van der Waals surface area (Å²) >= 11 is 1.68. The summed E-state index contributed by atoms with van der Waals surface area (Å²) in [6.45, 7) is 0. The van der Waals surface area contributed by atoms with Crippen molar-refractivity contribution in [3.8, 4) is 0 Å². The van der Waals surface area contributed by atoms with Crippen molar-refractivity contribution in [1.82, 2.24) is 9.78 Å². The summed E-state index contributed by atoms with van der Waals surface area (Å²) in [5.74, 6) is 0.680. The van der Waals surface area contributed by atoms with Gasteiger partial charge < -0.3 is 10.0 Å². The maximum atomic E-state index is 9.35. The quantitative estimate of drug-likeness (QED) is 0.562. The van der Waals surface area contributed by atoms with Crippen LogP contribution < -0.4 is 5.46 Å². The van der Waals surface area contributed by atoms with Gasteiger partial charge in [0.1, 0.15) is 0 Å². The van der Waals surface area contributed by atoms with Crippen molar-refractivity contribution < 1.29 is 10.0 Å². The zero-order valence-corrected chi connectivity index (χ0v) is 11.5.